The number of aromatic amines is 1. The molecule has 4 heteroatoms. The molecule has 2 aromatic heterocycles. The van der Waals surface area contributed by atoms with Gasteiger partial charge in [-0.1, -0.05) is 0 Å². The molecular weight excluding hydrogens is 212 g/mol. The molecule has 0 aliphatic carbocycles. The summed E-state index contributed by atoms with van der Waals surface area (Å²) in [5.41, 5.74) is 3.69. The van der Waals surface area contributed by atoms with Gasteiger partial charge in [-0.3, -0.25) is 10.1 Å². The summed E-state index contributed by atoms with van der Waals surface area (Å²) in [4.78, 5) is 4.06. The zero-order chi connectivity index (χ0) is 11.5. The monoisotopic (exact) mass is 228 g/mol. The van der Waals surface area contributed by atoms with Gasteiger partial charge < -0.3 is 5.32 Å². The van der Waals surface area contributed by atoms with Crippen LogP contribution in [0, 0.1) is 0 Å². The Kier molecular flexibility index (Phi) is 2.88. The van der Waals surface area contributed by atoms with Crippen LogP contribution in [0.4, 0.5) is 0 Å². The predicted octanol–water partition coefficient (Wildman–Crippen LogP) is 1.94. The van der Waals surface area contributed by atoms with Crippen molar-refractivity contribution in [3.05, 3.63) is 36.4 Å². The molecule has 0 saturated carbocycles. The number of aromatic nitrogens is 3. The Hall–Kier alpha value is -1.68. The third kappa shape index (κ3) is 2.08. The van der Waals surface area contributed by atoms with Crippen molar-refractivity contribution in [3.63, 3.8) is 0 Å². The minimum atomic E-state index is 0.599. The molecule has 1 aliphatic rings. The van der Waals surface area contributed by atoms with E-state index in [-0.39, 0.29) is 0 Å². The van der Waals surface area contributed by atoms with Crippen molar-refractivity contribution in [1.82, 2.24) is 20.5 Å². The summed E-state index contributed by atoms with van der Waals surface area (Å²) < 4.78 is 0. The first-order chi connectivity index (χ1) is 8.45. The normalized spacial score (nSPS) is 17.2. The maximum Gasteiger partial charge on any atom is 0.0568 e. The van der Waals surface area contributed by atoms with E-state index < -0.39 is 0 Å². The van der Waals surface area contributed by atoms with E-state index in [0.717, 1.165) is 13.1 Å². The van der Waals surface area contributed by atoms with Crippen molar-refractivity contribution >= 4 is 0 Å². The summed E-state index contributed by atoms with van der Waals surface area (Å²) in [5, 5.41) is 10.8. The molecule has 0 bridgehead atoms. The second kappa shape index (κ2) is 4.67. The van der Waals surface area contributed by atoms with E-state index in [4.69, 9.17) is 0 Å². The number of hydrogen-bond donors (Lipinski definition) is 2. The van der Waals surface area contributed by atoms with Gasteiger partial charge in [0.25, 0.3) is 0 Å². The van der Waals surface area contributed by atoms with Crippen LogP contribution in [-0.2, 0) is 0 Å². The average Bonchev–Trinajstić information content (AvgIpc) is 2.90. The molecule has 0 amide bonds. The quantitative estimate of drug-likeness (QED) is 0.826. The fourth-order valence-corrected chi connectivity index (χ4v) is 2.48. The Morgan fingerprint density at radius 2 is 1.88 bits per heavy atom. The number of rotatable bonds is 2. The molecular formula is C13H16N4. The molecule has 0 spiro atoms. The molecule has 0 atom stereocenters. The lowest BCUT2D eigenvalue weighted by atomic mass is 9.90. The second-order valence-electron chi connectivity index (χ2n) is 4.46. The predicted molar refractivity (Wildman–Crippen MR) is 66.7 cm³/mol. The van der Waals surface area contributed by atoms with Crippen LogP contribution in [0.5, 0.6) is 0 Å². The number of pyridine rings is 1. The van der Waals surface area contributed by atoms with Crippen LogP contribution in [0.25, 0.3) is 11.1 Å². The fraction of sp³-hybridized carbons (Fsp3) is 0.385. The van der Waals surface area contributed by atoms with Gasteiger partial charge in [0, 0.05) is 29.6 Å². The van der Waals surface area contributed by atoms with Gasteiger partial charge in [-0.15, -0.1) is 0 Å². The molecule has 0 radical (unpaired) electrons. The molecule has 1 aliphatic heterocycles. The summed E-state index contributed by atoms with van der Waals surface area (Å²) in [6.07, 6.45) is 7.94. The largest absolute Gasteiger partial charge is 0.317 e. The number of piperidine rings is 1. The maximum atomic E-state index is 4.21. The summed E-state index contributed by atoms with van der Waals surface area (Å²) in [6, 6.07) is 4.07. The van der Waals surface area contributed by atoms with Crippen LogP contribution in [0.2, 0.25) is 0 Å². The van der Waals surface area contributed by atoms with E-state index in [0.29, 0.717) is 5.92 Å². The van der Waals surface area contributed by atoms with Crippen molar-refractivity contribution in [2.75, 3.05) is 13.1 Å². The molecule has 17 heavy (non-hydrogen) atoms. The summed E-state index contributed by atoms with van der Waals surface area (Å²) in [6.45, 7) is 2.19. The number of nitrogens with zero attached hydrogens (tertiary/aromatic N) is 2. The van der Waals surface area contributed by atoms with Gasteiger partial charge in [0.15, 0.2) is 0 Å². The Labute approximate surface area is 100 Å². The second-order valence-corrected chi connectivity index (χ2v) is 4.46. The van der Waals surface area contributed by atoms with Crippen LogP contribution in [-0.4, -0.2) is 28.3 Å². The van der Waals surface area contributed by atoms with E-state index in [1.807, 2.05) is 30.7 Å². The maximum absolute atomic E-state index is 4.21. The van der Waals surface area contributed by atoms with E-state index in [9.17, 15) is 0 Å². The number of nitrogens with one attached hydrogen (secondary N) is 2. The van der Waals surface area contributed by atoms with Gasteiger partial charge >= 0.3 is 0 Å². The molecule has 2 N–H and O–H groups in total. The highest BCUT2D eigenvalue weighted by atomic mass is 15.1. The van der Waals surface area contributed by atoms with Crippen LogP contribution in [0.3, 0.4) is 0 Å². The topological polar surface area (TPSA) is 53.6 Å². The van der Waals surface area contributed by atoms with E-state index >= 15 is 0 Å². The minimum Gasteiger partial charge on any atom is -0.317 e. The van der Waals surface area contributed by atoms with Gasteiger partial charge in [-0.05, 0) is 43.6 Å². The van der Waals surface area contributed by atoms with Crippen molar-refractivity contribution < 1.29 is 0 Å². The van der Waals surface area contributed by atoms with Crippen molar-refractivity contribution in [3.8, 4) is 11.1 Å². The number of H-pyrrole nitrogens is 1. The van der Waals surface area contributed by atoms with E-state index in [1.165, 1.54) is 29.7 Å². The van der Waals surface area contributed by atoms with Gasteiger partial charge in [0.05, 0.1) is 6.20 Å². The van der Waals surface area contributed by atoms with Crippen LogP contribution in [0.1, 0.15) is 24.5 Å². The molecule has 3 rings (SSSR count). The highest BCUT2D eigenvalue weighted by Gasteiger charge is 2.20. The van der Waals surface area contributed by atoms with Crippen LogP contribution < -0.4 is 5.32 Å². The van der Waals surface area contributed by atoms with Gasteiger partial charge in [0.1, 0.15) is 0 Å². The molecule has 4 nitrogen and oxygen atoms in total. The van der Waals surface area contributed by atoms with Crippen molar-refractivity contribution in [2.24, 2.45) is 0 Å². The third-order valence-corrected chi connectivity index (χ3v) is 3.41. The Balaban J connectivity index is 1.93. The molecule has 3 heterocycles. The lowest BCUT2D eigenvalue weighted by molar-refractivity contribution is 0.453. The third-order valence-electron chi connectivity index (χ3n) is 3.41. The average molecular weight is 228 g/mol. The summed E-state index contributed by atoms with van der Waals surface area (Å²) in [5.74, 6) is 0.599. The smallest absolute Gasteiger partial charge is 0.0568 e. The van der Waals surface area contributed by atoms with Crippen LogP contribution >= 0.6 is 0 Å². The van der Waals surface area contributed by atoms with E-state index in [2.05, 4.69) is 20.5 Å². The zero-order valence-electron chi connectivity index (χ0n) is 9.69. The molecule has 1 saturated heterocycles. The SMILES string of the molecule is c1cc(-c2cn[nH]c2C2CCNCC2)ccn1. The van der Waals surface area contributed by atoms with E-state index in [1.54, 1.807) is 0 Å². The van der Waals surface area contributed by atoms with Crippen molar-refractivity contribution in [1.29, 1.82) is 0 Å². The van der Waals surface area contributed by atoms with Gasteiger partial charge in [-0.25, -0.2) is 0 Å². The Bertz CT molecular complexity index is 471. The molecule has 88 valence electrons. The molecule has 0 aromatic carbocycles. The Morgan fingerprint density at radius 3 is 2.65 bits per heavy atom. The van der Waals surface area contributed by atoms with Crippen molar-refractivity contribution in [2.45, 2.75) is 18.8 Å². The summed E-state index contributed by atoms with van der Waals surface area (Å²) in [7, 11) is 0. The summed E-state index contributed by atoms with van der Waals surface area (Å²) >= 11 is 0. The highest BCUT2D eigenvalue weighted by Crippen LogP contribution is 2.31. The zero-order valence-corrected chi connectivity index (χ0v) is 9.69. The fourth-order valence-electron chi connectivity index (χ4n) is 2.48. The first-order valence-corrected chi connectivity index (χ1v) is 6.09. The van der Waals surface area contributed by atoms with Gasteiger partial charge in [0.2, 0.25) is 0 Å². The lowest BCUT2D eigenvalue weighted by Gasteiger charge is -2.22. The Morgan fingerprint density at radius 1 is 1.12 bits per heavy atom. The van der Waals surface area contributed by atoms with Crippen LogP contribution in [0.15, 0.2) is 30.7 Å². The van der Waals surface area contributed by atoms with Gasteiger partial charge in [-0.2, -0.15) is 5.10 Å². The minimum absolute atomic E-state index is 0.599. The lowest BCUT2D eigenvalue weighted by Crippen LogP contribution is -2.27. The first kappa shape index (κ1) is 10.5. The number of hydrogen-bond acceptors (Lipinski definition) is 3. The molecule has 1 fully saturated rings. The first-order valence-electron chi connectivity index (χ1n) is 6.09. The molecule has 0 unspecified atom stereocenters. The molecule has 2 aromatic rings. The standard InChI is InChI=1S/C13H16N4/c1-5-14-6-2-10(1)12-9-16-17-13(12)11-3-7-15-8-4-11/h1-2,5-6,9,11,15H,3-4,7-8H2,(H,16,17). The highest BCUT2D eigenvalue weighted by molar-refractivity contribution is 5.65.